The lowest BCUT2D eigenvalue weighted by atomic mass is 10.2. The molecule has 21 heavy (non-hydrogen) atoms. The van der Waals surface area contributed by atoms with E-state index in [0.717, 1.165) is 11.3 Å². The van der Waals surface area contributed by atoms with E-state index in [1.807, 2.05) is 24.3 Å². The first-order valence-corrected chi connectivity index (χ1v) is 6.53. The summed E-state index contributed by atoms with van der Waals surface area (Å²) in [7, 11) is 2.93. The number of ether oxygens (including phenoxy) is 2. The largest absolute Gasteiger partial charge is 0.497 e. The quantitative estimate of drug-likeness (QED) is 0.784. The average molecular weight is 290 g/mol. The average Bonchev–Trinajstić information content (AvgIpc) is 2.90. The van der Waals surface area contributed by atoms with Crippen LogP contribution in [0.3, 0.4) is 0 Å². The molecule has 0 unspecified atom stereocenters. The zero-order valence-electron chi connectivity index (χ0n) is 12.1. The topological polar surface area (TPSA) is 92.3 Å². The Morgan fingerprint density at radius 3 is 2.86 bits per heavy atom. The van der Waals surface area contributed by atoms with E-state index in [1.165, 1.54) is 7.11 Å². The number of esters is 1. The molecule has 0 atom stereocenters. The Kier molecular flexibility index (Phi) is 4.89. The molecule has 112 valence electrons. The van der Waals surface area contributed by atoms with E-state index >= 15 is 0 Å². The maximum absolute atomic E-state index is 11.7. The molecule has 1 heterocycles. The molecule has 2 N–H and O–H groups in total. The lowest BCUT2D eigenvalue weighted by Crippen LogP contribution is -2.14. The van der Waals surface area contributed by atoms with Crippen LogP contribution in [0, 0.1) is 0 Å². The van der Waals surface area contributed by atoms with Gasteiger partial charge in [-0.3, -0.25) is 0 Å². The number of benzene rings is 1. The number of nitrogens with zero attached hydrogens (tertiary/aromatic N) is 3. The first-order chi connectivity index (χ1) is 10.2. The molecule has 2 aromatic rings. The molecule has 0 saturated carbocycles. The number of rotatable bonds is 6. The highest BCUT2D eigenvalue weighted by atomic mass is 16.5. The van der Waals surface area contributed by atoms with E-state index in [-0.39, 0.29) is 5.69 Å². The summed E-state index contributed by atoms with van der Waals surface area (Å²) in [6.07, 6.45) is 0.501. The molecule has 0 aliphatic rings. The van der Waals surface area contributed by atoms with E-state index in [2.05, 4.69) is 10.3 Å². The minimum absolute atomic E-state index is 0.214. The van der Waals surface area contributed by atoms with Gasteiger partial charge in [0.15, 0.2) is 5.69 Å². The molecule has 0 amide bonds. The maximum Gasteiger partial charge on any atom is 0.360 e. The van der Waals surface area contributed by atoms with Gasteiger partial charge in [0.1, 0.15) is 5.75 Å². The SMILES string of the molecule is COC(=O)c1nnn(Cc2cccc(OC)c2)c1CCN. The highest BCUT2D eigenvalue weighted by Gasteiger charge is 2.19. The number of carbonyl (C=O) groups is 1. The fraction of sp³-hybridized carbons (Fsp3) is 0.357. The van der Waals surface area contributed by atoms with Crippen molar-refractivity contribution in [3.8, 4) is 5.75 Å². The van der Waals surface area contributed by atoms with Gasteiger partial charge in [0.2, 0.25) is 0 Å². The molecular formula is C14H18N4O3. The van der Waals surface area contributed by atoms with Gasteiger partial charge < -0.3 is 15.2 Å². The number of aromatic nitrogens is 3. The summed E-state index contributed by atoms with van der Waals surface area (Å²) in [5.41, 5.74) is 7.48. The Bertz CT molecular complexity index is 624. The van der Waals surface area contributed by atoms with Crippen molar-refractivity contribution >= 4 is 5.97 Å². The molecule has 0 aliphatic heterocycles. The zero-order chi connectivity index (χ0) is 15.2. The first-order valence-electron chi connectivity index (χ1n) is 6.53. The smallest absolute Gasteiger partial charge is 0.360 e. The summed E-state index contributed by atoms with van der Waals surface area (Å²) in [6, 6.07) is 7.63. The molecule has 0 aliphatic carbocycles. The van der Waals surface area contributed by atoms with E-state index in [4.69, 9.17) is 15.2 Å². The molecule has 0 radical (unpaired) electrons. The van der Waals surface area contributed by atoms with Gasteiger partial charge >= 0.3 is 5.97 Å². The molecule has 0 spiro atoms. The highest BCUT2D eigenvalue weighted by molar-refractivity contribution is 5.88. The monoisotopic (exact) mass is 290 g/mol. The van der Waals surface area contributed by atoms with Crippen LogP contribution in [0.15, 0.2) is 24.3 Å². The second-order valence-corrected chi connectivity index (χ2v) is 4.42. The Hall–Kier alpha value is -2.41. The van der Waals surface area contributed by atoms with Crippen molar-refractivity contribution in [2.75, 3.05) is 20.8 Å². The molecule has 1 aromatic carbocycles. The van der Waals surface area contributed by atoms with Crippen LogP contribution < -0.4 is 10.5 Å². The number of nitrogens with two attached hydrogens (primary N) is 1. The second-order valence-electron chi connectivity index (χ2n) is 4.42. The van der Waals surface area contributed by atoms with Gasteiger partial charge in [-0.2, -0.15) is 0 Å². The third kappa shape index (κ3) is 3.38. The normalized spacial score (nSPS) is 10.4. The second kappa shape index (κ2) is 6.85. The molecule has 7 nitrogen and oxygen atoms in total. The Balaban J connectivity index is 2.30. The fourth-order valence-corrected chi connectivity index (χ4v) is 2.04. The Morgan fingerprint density at radius 2 is 2.19 bits per heavy atom. The predicted octanol–water partition coefficient (Wildman–Crippen LogP) is 0.623. The van der Waals surface area contributed by atoms with Gasteiger partial charge in [-0.25, -0.2) is 9.48 Å². The molecule has 0 fully saturated rings. The number of hydrogen-bond donors (Lipinski definition) is 1. The van der Waals surface area contributed by atoms with Crippen LogP contribution in [-0.2, 0) is 17.7 Å². The van der Waals surface area contributed by atoms with Crippen molar-refractivity contribution in [1.29, 1.82) is 0 Å². The third-order valence-electron chi connectivity index (χ3n) is 3.06. The van der Waals surface area contributed by atoms with Crippen molar-refractivity contribution < 1.29 is 14.3 Å². The van der Waals surface area contributed by atoms with Crippen LogP contribution in [0.5, 0.6) is 5.75 Å². The molecule has 0 bridgehead atoms. The van der Waals surface area contributed by atoms with Gasteiger partial charge in [0.25, 0.3) is 0 Å². The number of carbonyl (C=O) groups excluding carboxylic acids is 1. The van der Waals surface area contributed by atoms with Crippen LogP contribution in [0.2, 0.25) is 0 Å². The zero-order valence-corrected chi connectivity index (χ0v) is 12.1. The van der Waals surface area contributed by atoms with Gasteiger partial charge in [0, 0.05) is 6.42 Å². The minimum Gasteiger partial charge on any atom is -0.497 e. The molecule has 2 rings (SSSR count). The van der Waals surface area contributed by atoms with Gasteiger partial charge in [-0.05, 0) is 24.2 Å². The Labute approximate surface area is 122 Å². The number of hydrogen-bond acceptors (Lipinski definition) is 6. The van der Waals surface area contributed by atoms with Crippen molar-refractivity contribution in [2.24, 2.45) is 5.73 Å². The molecule has 1 aromatic heterocycles. The van der Waals surface area contributed by atoms with E-state index in [0.29, 0.717) is 25.2 Å². The van der Waals surface area contributed by atoms with Crippen molar-refractivity contribution in [2.45, 2.75) is 13.0 Å². The minimum atomic E-state index is -0.504. The summed E-state index contributed by atoms with van der Waals surface area (Å²) in [4.78, 5) is 11.7. The molecular weight excluding hydrogens is 272 g/mol. The van der Waals surface area contributed by atoms with Crippen LogP contribution in [-0.4, -0.2) is 41.7 Å². The lowest BCUT2D eigenvalue weighted by molar-refractivity contribution is 0.0592. The van der Waals surface area contributed by atoms with E-state index in [9.17, 15) is 4.79 Å². The standard InChI is InChI=1S/C14H18N4O3/c1-20-11-5-3-4-10(8-11)9-18-12(6-7-15)13(16-17-18)14(19)21-2/h3-5,8H,6-7,9,15H2,1-2H3. The number of methoxy groups -OCH3 is 2. The third-order valence-corrected chi connectivity index (χ3v) is 3.06. The van der Waals surface area contributed by atoms with E-state index < -0.39 is 5.97 Å². The first kappa shape index (κ1) is 15.0. The van der Waals surface area contributed by atoms with Gasteiger partial charge in [0.05, 0.1) is 26.5 Å². The van der Waals surface area contributed by atoms with Crippen LogP contribution >= 0.6 is 0 Å². The molecule has 0 saturated heterocycles. The predicted molar refractivity (Wildman–Crippen MR) is 76.2 cm³/mol. The van der Waals surface area contributed by atoms with Gasteiger partial charge in [-0.15, -0.1) is 5.10 Å². The van der Waals surface area contributed by atoms with Crippen molar-refractivity contribution in [1.82, 2.24) is 15.0 Å². The summed E-state index contributed by atoms with van der Waals surface area (Å²) in [5.74, 6) is 0.261. The highest BCUT2D eigenvalue weighted by Crippen LogP contribution is 2.15. The summed E-state index contributed by atoms with van der Waals surface area (Å²) < 4.78 is 11.6. The lowest BCUT2D eigenvalue weighted by Gasteiger charge is -2.08. The summed E-state index contributed by atoms with van der Waals surface area (Å²) >= 11 is 0. The van der Waals surface area contributed by atoms with Gasteiger partial charge in [-0.1, -0.05) is 17.3 Å². The van der Waals surface area contributed by atoms with Crippen molar-refractivity contribution in [3.05, 3.63) is 41.2 Å². The van der Waals surface area contributed by atoms with Crippen LogP contribution in [0.4, 0.5) is 0 Å². The Morgan fingerprint density at radius 1 is 1.38 bits per heavy atom. The van der Waals surface area contributed by atoms with Crippen LogP contribution in [0.25, 0.3) is 0 Å². The summed E-state index contributed by atoms with van der Waals surface area (Å²) in [6.45, 7) is 0.881. The molecule has 7 heteroatoms. The van der Waals surface area contributed by atoms with E-state index in [1.54, 1.807) is 11.8 Å². The maximum atomic E-state index is 11.7. The summed E-state index contributed by atoms with van der Waals surface area (Å²) in [5, 5.41) is 7.92. The van der Waals surface area contributed by atoms with Crippen LogP contribution in [0.1, 0.15) is 21.7 Å². The fourth-order valence-electron chi connectivity index (χ4n) is 2.04. The van der Waals surface area contributed by atoms with Crippen molar-refractivity contribution in [3.63, 3.8) is 0 Å².